The van der Waals surface area contributed by atoms with Crippen LogP contribution in [0.25, 0.3) is 0 Å². The predicted octanol–water partition coefficient (Wildman–Crippen LogP) is 3.72. The molecule has 0 amide bonds. The molecule has 0 aliphatic carbocycles. The highest BCUT2D eigenvalue weighted by Crippen LogP contribution is 2.23. The van der Waals surface area contributed by atoms with Gasteiger partial charge in [0, 0.05) is 30.8 Å². The molecule has 19 heavy (non-hydrogen) atoms. The SMILES string of the molecule is CCCNC(CCCC(F)(F)F)Cc1ccccn1. The molecule has 2 nitrogen and oxygen atoms in total. The Labute approximate surface area is 112 Å². The van der Waals surface area contributed by atoms with Crippen molar-refractivity contribution in [3.63, 3.8) is 0 Å². The number of nitrogens with zero attached hydrogens (tertiary/aromatic N) is 1. The van der Waals surface area contributed by atoms with Gasteiger partial charge in [-0.2, -0.15) is 13.2 Å². The standard InChI is InChI=1S/C14H21F3N2/c1-2-9-18-13(7-5-8-14(15,16)17)11-12-6-3-4-10-19-12/h3-4,6,10,13,18H,2,5,7-9,11H2,1H3. The first-order valence-corrected chi connectivity index (χ1v) is 6.71. The van der Waals surface area contributed by atoms with Crippen molar-refractivity contribution < 1.29 is 13.2 Å². The predicted molar refractivity (Wildman–Crippen MR) is 69.9 cm³/mol. The molecule has 1 aromatic rings. The summed E-state index contributed by atoms with van der Waals surface area (Å²) in [5.41, 5.74) is 0.920. The molecule has 1 N–H and O–H groups in total. The summed E-state index contributed by atoms with van der Waals surface area (Å²) in [5.74, 6) is 0. The second-order valence-electron chi connectivity index (χ2n) is 4.68. The minimum atomic E-state index is -4.06. The second-order valence-corrected chi connectivity index (χ2v) is 4.68. The van der Waals surface area contributed by atoms with Crippen LogP contribution in [0.3, 0.4) is 0 Å². The fourth-order valence-electron chi connectivity index (χ4n) is 1.94. The molecule has 1 aromatic heterocycles. The lowest BCUT2D eigenvalue weighted by Crippen LogP contribution is -2.32. The van der Waals surface area contributed by atoms with E-state index in [0.29, 0.717) is 12.8 Å². The number of alkyl halides is 3. The van der Waals surface area contributed by atoms with Gasteiger partial charge < -0.3 is 5.32 Å². The molecule has 0 saturated carbocycles. The number of pyridine rings is 1. The maximum Gasteiger partial charge on any atom is 0.389 e. The number of halogens is 3. The Kier molecular flexibility index (Phi) is 6.84. The summed E-state index contributed by atoms with van der Waals surface area (Å²) < 4.78 is 36.5. The fourth-order valence-corrected chi connectivity index (χ4v) is 1.94. The highest BCUT2D eigenvalue weighted by Gasteiger charge is 2.26. The molecule has 1 rings (SSSR count). The first-order valence-electron chi connectivity index (χ1n) is 6.71. The van der Waals surface area contributed by atoms with E-state index in [1.807, 2.05) is 25.1 Å². The summed E-state index contributed by atoms with van der Waals surface area (Å²) in [6.45, 7) is 2.87. The van der Waals surface area contributed by atoms with Crippen LogP contribution in [0.2, 0.25) is 0 Å². The van der Waals surface area contributed by atoms with Crippen molar-refractivity contribution in [1.82, 2.24) is 10.3 Å². The molecule has 0 aromatic carbocycles. The van der Waals surface area contributed by atoms with Gasteiger partial charge in [0.15, 0.2) is 0 Å². The molecular formula is C14H21F3N2. The molecule has 1 atom stereocenters. The van der Waals surface area contributed by atoms with Gasteiger partial charge in [0.1, 0.15) is 0 Å². The van der Waals surface area contributed by atoms with E-state index in [0.717, 1.165) is 18.7 Å². The van der Waals surface area contributed by atoms with E-state index in [9.17, 15) is 13.2 Å². The molecule has 0 radical (unpaired) electrons. The Morgan fingerprint density at radius 3 is 2.68 bits per heavy atom. The molecule has 0 fully saturated rings. The van der Waals surface area contributed by atoms with Crippen molar-refractivity contribution in [2.24, 2.45) is 0 Å². The Hall–Kier alpha value is -1.10. The van der Waals surface area contributed by atoms with Gasteiger partial charge in [0.05, 0.1) is 0 Å². The van der Waals surface area contributed by atoms with E-state index in [1.54, 1.807) is 6.20 Å². The lowest BCUT2D eigenvalue weighted by molar-refractivity contribution is -0.135. The molecule has 0 saturated heterocycles. The second kappa shape index (κ2) is 8.15. The third-order valence-corrected chi connectivity index (χ3v) is 2.88. The third-order valence-electron chi connectivity index (χ3n) is 2.88. The summed E-state index contributed by atoms with van der Waals surface area (Å²) in [4.78, 5) is 4.22. The summed E-state index contributed by atoms with van der Waals surface area (Å²) >= 11 is 0. The molecule has 1 unspecified atom stereocenters. The number of hydrogen-bond donors (Lipinski definition) is 1. The van der Waals surface area contributed by atoms with Crippen molar-refractivity contribution >= 4 is 0 Å². The quantitative estimate of drug-likeness (QED) is 0.781. The minimum absolute atomic E-state index is 0.0669. The van der Waals surface area contributed by atoms with Crippen LogP contribution in [-0.2, 0) is 6.42 Å². The van der Waals surface area contributed by atoms with Crippen molar-refractivity contribution in [1.29, 1.82) is 0 Å². The van der Waals surface area contributed by atoms with Crippen LogP contribution in [0, 0.1) is 0 Å². The van der Waals surface area contributed by atoms with Gasteiger partial charge in [-0.1, -0.05) is 13.0 Å². The van der Waals surface area contributed by atoms with E-state index in [-0.39, 0.29) is 12.5 Å². The van der Waals surface area contributed by atoms with Gasteiger partial charge in [-0.15, -0.1) is 0 Å². The zero-order valence-electron chi connectivity index (χ0n) is 11.2. The highest BCUT2D eigenvalue weighted by molar-refractivity contribution is 5.05. The monoisotopic (exact) mass is 274 g/mol. The Morgan fingerprint density at radius 2 is 2.11 bits per heavy atom. The van der Waals surface area contributed by atoms with Gasteiger partial charge >= 0.3 is 6.18 Å². The Morgan fingerprint density at radius 1 is 1.32 bits per heavy atom. The van der Waals surface area contributed by atoms with Crippen LogP contribution in [0.4, 0.5) is 13.2 Å². The molecule has 0 aliphatic heterocycles. The largest absolute Gasteiger partial charge is 0.389 e. The number of hydrogen-bond acceptors (Lipinski definition) is 2. The third kappa shape index (κ3) is 7.82. The van der Waals surface area contributed by atoms with Crippen LogP contribution in [0.5, 0.6) is 0 Å². The van der Waals surface area contributed by atoms with E-state index >= 15 is 0 Å². The maximum absolute atomic E-state index is 12.2. The van der Waals surface area contributed by atoms with Crippen LogP contribution < -0.4 is 5.32 Å². The molecule has 0 bridgehead atoms. The molecule has 5 heteroatoms. The normalized spacial score (nSPS) is 13.5. The molecule has 108 valence electrons. The summed E-state index contributed by atoms with van der Waals surface area (Å²) in [7, 11) is 0. The van der Waals surface area contributed by atoms with Crippen LogP contribution >= 0.6 is 0 Å². The highest BCUT2D eigenvalue weighted by atomic mass is 19.4. The average Bonchev–Trinajstić information content (AvgIpc) is 2.35. The van der Waals surface area contributed by atoms with Crippen molar-refractivity contribution in [2.45, 2.75) is 51.2 Å². The Bertz CT molecular complexity index is 338. The molecule has 1 heterocycles. The number of rotatable bonds is 8. The van der Waals surface area contributed by atoms with Crippen molar-refractivity contribution in [3.8, 4) is 0 Å². The van der Waals surface area contributed by atoms with E-state index in [4.69, 9.17) is 0 Å². The van der Waals surface area contributed by atoms with Crippen LogP contribution in [0.15, 0.2) is 24.4 Å². The summed E-state index contributed by atoms with van der Waals surface area (Å²) in [5, 5.41) is 3.30. The lowest BCUT2D eigenvalue weighted by Gasteiger charge is -2.18. The fraction of sp³-hybridized carbons (Fsp3) is 0.643. The summed E-state index contributed by atoms with van der Waals surface area (Å²) in [6, 6.07) is 5.71. The lowest BCUT2D eigenvalue weighted by atomic mass is 10.0. The number of aromatic nitrogens is 1. The first kappa shape index (κ1) is 16.0. The zero-order chi connectivity index (χ0) is 14.1. The van der Waals surface area contributed by atoms with E-state index in [2.05, 4.69) is 10.3 Å². The van der Waals surface area contributed by atoms with Gasteiger partial charge in [-0.25, -0.2) is 0 Å². The van der Waals surface area contributed by atoms with Gasteiger partial charge in [-0.05, 0) is 37.9 Å². The maximum atomic E-state index is 12.2. The van der Waals surface area contributed by atoms with Crippen molar-refractivity contribution in [3.05, 3.63) is 30.1 Å². The minimum Gasteiger partial charge on any atom is -0.314 e. The van der Waals surface area contributed by atoms with Gasteiger partial charge in [-0.3, -0.25) is 4.98 Å². The zero-order valence-corrected chi connectivity index (χ0v) is 11.2. The Balaban J connectivity index is 2.42. The first-order chi connectivity index (χ1) is 9.01. The average molecular weight is 274 g/mol. The van der Waals surface area contributed by atoms with Gasteiger partial charge in [0.2, 0.25) is 0 Å². The van der Waals surface area contributed by atoms with Gasteiger partial charge in [0.25, 0.3) is 0 Å². The smallest absolute Gasteiger partial charge is 0.314 e. The number of nitrogens with one attached hydrogen (secondary N) is 1. The van der Waals surface area contributed by atoms with E-state index < -0.39 is 12.6 Å². The molecule has 0 aliphatic rings. The topological polar surface area (TPSA) is 24.9 Å². The van der Waals surface area contributed by atoms with Crippen molar-refractivity contribution in [2.75, 3.05) is 6.54 Å². The van der Waals surface area contributed by atoms with Crippen LogP contribution in [-0.4, -0.2) is 23.7 Å². The molecular weight excluding hydrogens is 253 g/mol. The van der Waals surface area contributed by atoms with E-state index in [1.165, 1.54) is 0 Å². The summed E-state index contributed by atoms with van der Waals surface area (Å²) in [6.07, 6.45) is -0.716. The molecule has 0 spiro atoms. The van der Waals surface area contributed by atoms with Crippen LogP contribution in [0.1, 0.15) is 38.3 Å².